The molecule has 1 aromatic carbocycles. The number of benzene rings is 1. The van der Waals surface area contributed by atoms with Crippen LogP contribution in [0.15, 0.2) is 24.3 Å². The van der Waals surface area contributed by atoms with E-state index in [1.807, 2.05) is 26.0 Å². The third-order valence-corrected chi connectivity index (χ3v) is 2.40. The predicted octanol–water partition coefficient (Wildman–Crippen LogP) is 1.94. The van der Waals surface area contributed by atoms with Gasteiger partial charge >= 0.3 is 0 Å². The molecule has 4 heteroatoms. The van der Waals surface area contributed by atoms with Crippen molar-refractivity contribution in [2.75, 3.05) is 26.8 Å². The van der Waals surface area contributed by atoms with E-state index in [-0.39, 0.29) is 12.5 Å². The minimum atomic E-state index is -0.0265. The summed E-state index contributed by atoms with van der Waals surface area (Å²) in [6.07, 6.45) is 0. The van der Waals surface area contributed by atoms with Crippen LogP contribution in [0, 0.1) is 0 Å². The number of nitrogens with zero attached hydrogens (tertiary/aromatic N) is 1. The SMILES string of the molecule is CCOc1ccc(OCC(=O)N(C)CC)cc1. The summed E-state index contributed by atoms with van der Waals surface area (Å²) in [5.41, 5.74) is 0. The second-order valence-electron chi connectivity index (χ2n) is 3.60. The van der Waals surface area contributed by atoms with Gasteiger partial charge in [0.1, 0.15) is 11.5 Å². The highest BCUT2D eigenvalue weighted by atomic mass is 16.5. The second-order valence-corrected chi connectivity index (χ2v) is 3.60. The van der Waals surface area contributed by atoms with Crippen molar-refractivity contribution in [3.63, 3.8) is 0 Å². The fourth-order valence-electron chi connectivity index (χ4n) is 1.23. The highest BCUT2D eigenvalue weighted by Crippen LogP contribution is 2.17. The molecule has 0 heterocycles. The van der Waals surface area contributed by atoms with E-state index in [9.17, 15) is 4.79 Å². The normalized spacial score (nSPS) is 9.82. The molecule has 1 rings (SSSR count). The monoisotopic (exact) mass is 237 g/mol. The van der Waals surface area contributed by atoms with Crippen molar-refractivity contribution < 1.29 is 14.3 Å². The summed E-state index contributed by atoms with van der Waals surface area (Å²) in [6.45, 7) is 5.25. The molecule has 1 amide bonds. The Morgan fingerprint density at radius 3 is 2.12 bits per heavy atom. The first kappa shape index (κ1) is 13.4. The molecule has 0 aromatic heterocycles. The topological polar surface area (TPSA) is 38.8 Å². The lowest BCUT2D eigenvalue weighted by atomic mass is 10.3. The van der Waals surface area contributed by atoms with Gasteiger partial charge in [0.25, 0.3) is 5.91 Å². The number of amides is 1. The largest absolute Gasteiger partial charge is 0.494 e. The van der Waals surface area contributed by atoms with Crippen molar-refractivity contribution in [3.05, 3.63) is 24.3 Å². The highest BCUT2D eigenvalue weighted by Gasteiger charge is 2.07. The first-order chi connectivity index (χ1) is 8.17. The Morgan fingerprint density at radius 1 is 1.12 bits per heavy atom. The number of ether oxygens (including phenoxy) is 2. The Labute approximate surface area is 102 Å². The molecule has 17 heavy (non-hydrogen) atoms. The summed E-state index contributed by atoms with van der Waals surface area (Å²) in [6, 6.07) is 7.24. The van der Waals surface area contributed by atoms with Crippen LogP contribution >= 0.6 is 0 Å². The Kier molecular flexibility index (Phi) is 5.33. The van der Waals surface area contributed by atoms with Crippen molar-refractivity contribution in [1.82, 2.24) is 4.90 Å². The first-order valence-corrected chi connectivity index (χ1v) is 5.77. The molecule has 0 saturated carbocycles. The minimum Gasteiger partial charge on any atom is -0.494 e. The van der Waals surface area contributed by atoms with Crippen LogP contribution in [0.1, 0.15) is 13.8 Å². The molecule has 0 radical (unpaired) electrons. The minimum absolute atomic E-state index is 0.0265. The van der Waals surface area contributed by atoms with Crippen molar-refractivity contribution in [2.24, 2.45) is 0 Å². The molecule has 0 fully saturated rings. The summed E-state index contributed by atoms with van der Waals surface area (Å²) in [5.74, 6) is 1.45. The van der Waals surface area contributed by atoms with E-state index in [4.69, 9.17) is 9.47 Å². The first-order valence-electron chi connectivity index (χ1n) is 5.77. The number of likely N-dealkylation sites (N-methyl/N-ethyl adjacent to an activating group) is 1. The van der Waals surface area contributed by atoms with Gasteiger partial charge in [-0.2, -0.15) is 0 Å². The van der Waals surface area contributed by atoms with Crippen molar-refractivity contribution in [3.8, 4) is 11.5 Å². The van der Waals surface area contributed by atoms with Crippen molar-refractivity contribution >= 4 is 5.91 Å². The molecule has 0 unspecified atom stereocenters. The molecule has 1 aromatic rings. The van der Waals surface area contributed by atoms with E-state index in [0.717, 1.165) is 5.75 Å². The lowest BCUT2D eigenvalue weighted by Gasteiger charge is -2.14. The molecule has 0 aliphatic carbocycles. The van der Waals surface area contributed by atoms with Gasteiger partial charge in [-0.15, -0.1) is 0 Å². The molecule has 0 aliphatic heterocycles. The zero-order valence-electron chi connectivity index (χ0n) is 10.6. The van der Waals surface area contributed by atoms with Crippen LogP contribution in [-0.2, 0) is 4.79 Å². The van der Waals surface area contributed by atoms with Crippen molar-refractivity contribution in [2.45, 2.75) is 13.8 Å². The van der Waals surface area contributed by atoms with Gasteiger partial charge in [0.05, 0.1) is 6.61 Å². The van der Waals surface area contributed by atoms with Gasteiger partial charge < -0.3 is 14.4 Å². The number of carbonyl (C=O) groups excluding carboxylic acids is 1. The van der Waals surface area contributed by atoms with Crippen LogP contribution in [0.3, 0.4) is 0 Å². The fraction of sp³-hybridized carbons (Fsp3) is 0.462. The molecule has 4 nitrogen and oxygen atoms in total. The van der Waals surface area contributed by atoms with Crippen LogP contribution in [-0.4, -0.2) is 37.6 Å². The summed E-state index contributed by atoms with van der Waals surface area (Å²) < 4.78 is 10.7. The molecule has 0 bridgehead atoms. The zero-order valence-corrected chi connectivity index (χ0v) is 10.6. The Morgan fingerprint density at radius 2 is 1.65 bits per heavy atom. The van der Waals surface area contributed by atoms with Gasteiger partial charge in [0, 0.05) is 13.6 Å². The summed E-state index contributed by atoms with van der Waals surface area (Å²) >= 11 is 0. The zero-order chi connectivity index (χ0) is 12.7. The lowest BCUT2D eigenvalue weighted by Crippen LogP contribution is -2.31. The standard InChI is InChI=1S/C13H19NO3/c1-4-14(3)13(15)10-17-12-8-6-11(7-9-12)16-5-2/h6-9H,4-5,10H2,1-3H3. The van der Waals surface area contributed by atoms with Gasteiger partial charge in [0.15, 0.2) is 6.61 Å². The van der Waals surface area contributed by atoms with Crippen LogP contribution in [0.2, 0.25) is 0 Å². The highest BCUT2D eigenvalue weighted by molar-refractivity contribution is 5.77. The molecule has 94 valence electrons. The smallest absolute Gasteiger partial charge is 0.260 e. The molecule has 0 aliphatic rings. The Hall–Kier alpha value is -1.71. The summed E-state index contributed by atoms with van der Waals surface area (Å²) in [7, 11) is 1.75. The van der Waals surface area contributed by atoms with Crippen LogP contribution in [0.5, 0.6) is 11.5 Å². The van der Waals surface area contributed by atoms with E-state index >= 15 is 0 Å². The van der Waals surface area contributed by atoms with Crippen LogP contribution in [0.4, 0.5) is 0 Å². The quantitative estimate of drug-likeness (QED) is 0.759. The van der Waals surface area contributed by atoms with E-state index in [1.54, 1.807) is 24.1 Å². The second kappa shape index (κ2) is 6.78. The number of carbonyl (C=O) groups is 1. The van der Waals surface area contributed by atoms with E-state index < -0.39 is 0 Å². The van der Waals surface area contributed by atoms with E-state index in [2.05, 4.69) is 0 Å². The molecular formula is C13H19NO3. The number of hydrogen-bond acceptors (Lipinski definition) is 3. The fourth-order valence-corrected chi connectivity index (χ4v) is 1.23. The maximum Gasteiger partial charge on any atom is 0.260 e. The maximum atomic E-state index is 11.5. The molecule has 0 N–H and O–H groups in total. The van der Waals surface area contributed by atoms with E-state index in [1.165, 1.54) is 0 Å². The maximum absolute atomic E-state index is 11.5. The van der Waals surface area contributed by atoms with Crippen LogP contribution < -0.4 is 9.47 Å². The molecule has 0 saturated heterocycles. The number of rotatable bonds is 6. The van der Waals surface area contributed by atoms with E-state index in [0.29, 0.717) is 18.9 Å². The Bertz CT molecular complexity index is 348. The van der Waals surface area contributed by atoms with Crippen molar-refractivity contribution in [1.29, 1.82) is 0 Å². The summed E-state index contributed by atoms with van der Waals surface area (Å²) in [5, 5.41) is 0. The van der Waals surface area contributed by atoms with Gasteiger partial charge in [-0.25, -0.2) is 0 Å². The third-order valence-electron chi connectivity index (χ3n) is 2.40. The molecular weight excluding hydrogens is 218 g/mol. The van der Waals surface area contributed by atoms with Crippen LogP contribution in [0.25, 0.3) is 0 Å². The molecule has 0 atom stereocenters. The van der Waals surface area contributed by atoms with Gasteiger partial charge in [-0.05, 0) is 38.1 Å². The Balaban J connectivity index is 2.44. The number of hydrogen-bond donors (Lipinski definition) is 0. The van der Waals surface area contributed by atoms with Gasteiger partial charge in [-0.1, -0.05) is 0 Å². The lowest BCUT2D eigenvalue weighted by molar-refractivity contribution is -0.131. The average molecular weight is 237 g/mol. The summed E-state index contributed by atoms with van der Waals surface area (Å²) in [4.78, 5) is 13.1. The third kappa shape index (κ3) is 4.34. The van der Waals surface area contributed by atoms with Gasteiger partial charge in [0.2, 0.25) is 0 Å². The molecule has 0 spiro atoms. The predicted molar refractivity (Wildman–Crippen MR) is 66.4 cm³/mol. The average Bonchev–Trinajstić information content (AvgIpc) is 2.37. The van der Waals surface area contributed by atoms with Gasteiger partial charge in [-0.3, -0.25) is 4.79 Å².